The van der Waals surface area contributed by atoms with Crippen LogP contribution in [0.1, 0.15) is 19.8 Å². The molecule has 2 heterocycles. The van der Waals surface area contributed by atoms with Crippen LogP contribution in [0.5, 0.6) is 5.75 Å². The Morgan fingerprint density at radius 3 is 2.83 bits per heavy atom. The van der Waals surface area contributed by atoms with E-state index in [4.69, 9.17) is 9.47 Å². The van der Waals surface area contributed by atoms with Crippen molar-refractivity contribution in [1.82, 2.24) is 4.90 Å². The maximum atomic E-state index is 12.0. The van der Waals surface area contributed by atoms with Crippen LogP contribution in [-0.4, -0.2) is 50.3 Å². The number of nitrogens with one attached hydrogen (secondary N) is 1. The molecule has 0 aliphatic carbocycles. The maximum absolute atomic E-state index is 12.0. The average Bonchev–Trinajstić information content (AvgIpc) is 3.21. The summed E-state index contributed by atoms with van der Waals surface area (Å²) >= 11 is 0. The minimum absolute atomic E-state index is 0.0196. The second-order valence-electron chi connectivity index (χ2n) is 6.62. The Balaban J connectivity index is 1.40. The van der Waals surface area contributed by atoms with Crippen LogP contribution < -0.4 is 10.1 Å². The molecule has 2 atom stereocenters. The molecule has 0 saturated carbocycles. The van der Waals surface area contributed by atoms with E-state index in [0.717, 1.165) is 30.3 Å². The predicted molar refractivity (Wildman–Crippen MR) is 89.7 cm³/mol. The van der Waals surface area contributed by atoms with Gasteiger partial charge in [-0.1, -0.05) is 6.92 Å². The van der Waals surface area contributed by atoms with Crippen molar-refractivity contribution in [3.8, 4) is 5.75 Å². The number of hydrogen-bond acceptors (Lipinski definition) is 4. The molecule has 0 bridgehead atoms. The minimum Gasteiger partial charge on any atom is -0.492 e. The van der Waals surface area contributed by atoms with Crippen molar-refractivity contribution in [2.45, 2.75) is 19.8 Å². The Morgan fingerprint density at radius 1 is 1.35 bits per heavy atom. The zero-order valence-corrected chi connectivity index (χ0v) is 13.8. The third-order valence-electron chi connectivity index (χ3n) is 4.61. The smallest absolute Gasteiger partial charge is 0.229 e. The van der Waals surface area contributed by atoms with Gasteiger partial charge in [-0.25, -0.2) is 0 Å². The predicted octanol–water partition coefficient (Wildman–Crippen LogP) is 2.38. The van der Waals surface area contributed by atoms with Crippen LogP contribution in [0.25, 0.3) is 0 Å². The van der Waals surface area contributed by atoms with Crippen molar-refractivity contribution in [2.24, 2.45) is 11.8 Å². The topological polar surface area (TPSA) is 50.8 Å². The lowest BCUT2D eigenvalue weighted by molar-refractivity contribution is -0.119. The van der Waals surface area contributed by atoms with E-state index in [1.165, 1.54) is 19.5 Å². The van der Waals surface area contributed by atoms with Gasteiger partial charge in [0.2, 0.25) is 5.91 Å². The van der Waals surface area contributed by atoms with Crippen molar-refractivity contribution < 1.29 is 14.3 Å². The van der Waals surface area contributed by atoms with Gasteiger partial charge in [0.15, 0.2) is 0 Å². The molecule has 5 nitrogen and oxygen atoms in total. The first kappa shape index (κ1) is 16.3. The molecule has 2 unspecified atom stereocenters. The highest BCUT2D eigenvalue weighted by atomic mass is 16.5. The molecule has 1 amide bonds. The fourth-order valence-electron chi connectivity index (χ4n) is 3.14. The van der Waals surface area contributed by atoms with Gasteiger partial charge in [0.25, 0.3) is 0 Å². The Bertz CT molecular complexity index is 512. The number of carbonyl (C=O) groups is 1. The fraction of sp³-hybridized carbons (Fsp3) is 0.611. The molecule has 2 aliphatic heterocycles. The van der Waals surface area contributed by atoms with E-state index in [1.54, 1.807) is 0 Å². The summed E-state index contributed by atoms with van der Waals surface area (Å²) in [5.74, 6) is 1.68. The summed E-state index contributed by atoms with van der Waals surface area (Å²) in [6, 6.07) is 7.60. The maximum Gasteiger partial charge on any atom is 0.229 e. The first-order valence-electron chi connectivity index (χ1n) is 8.54. The molecule has 126 valence electrons. The number of ether oxygens (including phenoxy) is 2. The van der Waals surface area contributed by atoms with Crippen molar-refractivity contribution in [1.29, 1.82) is 0 Å². The third kappa shape index (κ3) is 4.69. The van der Waals surface area contributed by atoms with Gasteiger partial charge in [-0.3, -0.25) is 9.69 Å². The van der Waals surface area contributed by atoms with Crippen molar-refractivity contribution in [2.75, 3.05) is 44.8 Å². The number of rotatable bonds is 6. The van der Waals surface area contributed by atoms with Crippen LogP contribution in [-0.2, 0) is 9.53 Å². The zero-order chi connectivity index (χ0) is 16.1. The lowest BCUT2D eigenvalue weighted by atomic mass is 10.1. The Morgan fingerprint density at radius 2 is 2.17 bits per heavy atom. The first-order valence-corrected chi connectivity index (χ1v) is 8.54. The van der Waals surface area contributed by atoms with E-state index in [2.05, 4.69) is 17.1 Å². The van der Waals surface area contributed by atoms with E-state index in [9.17, 15) is 4.79 Å². The highest BCUT2D eigenvalue weighted by Gasteiger charge is 2.23. The molecule has 2 aliphatic rings. The van der Waals surface area contributed by atoms with Crippen LogP contribution in [0.15, 0.2) is 24.3 Å². The van der Waals surface area contributed by atoms with E-state index < -0.39 is 0 Å². The number of anilines is 1. The Hall–Kier alpha value is -1.59. The van der Waals surface area contributed by atoms with Crippen molar-refractivity contribution in [3.05, 3.63) is 24.3 Å². The summed E-state index contributed by atoms with van der Waals surface area (Å²) in [5, 5.41) is 2.93. The molecule has 1 N–H and O–H groups in total. The summed E-state index contributed by atoms with van der Waals surface area (Å²) in [6.45, 7) is 7.55. The van der Waals surface area contributed by atoms with Crippen molar-refractivity contribution >= 4 is 11.6 Å². The molecule has 0 spiro atoms. The monoisotopic (exact) mass is 318 g/mol. The summed E-state index contributed by atoms with van der Waals surface area (Å²) in [4.78, 5) is 14.5. The van der Waals surface area contributed by atoms with Gasteiger partial charge in [0.05, 0.1) is 12.5 Å². The minimum atomic E-state index is -0.0196. The summed E-state index contributed by atoms with van der Waals surface area (Å²) in [5.41, 5.74) is 0.808. The second-order valence-corrected chi connectivity index (χ2v) is 6.62. The molecule has 0 aromatic heterocycles. The summed E-state index contributed by atoms with van der Waals surface area (Å²) in [7, 11) is 0. The molecular weight excluding hydrogens is 292 g/mol. The molecule has 2 saturated heterocycles. The summed E-state index contributed by atoms with van der Waals surface area (Å²) in [6.07, 6.45) is 2.10. The zero-order valence-electron chi connectivity index (χ0n) is 13.8. The normalized spacial score (nSPS) is 24.7. The molecular formula is C18H26N2O3. The number of benzene rings is 1. The average molecular weight is 318 g/mol. The number of hydrogen-bond donors (Lipinski definition) is 1. The van der Waals surface area contributed by atoms with E-state index in [-0.39, 0.29) is 11.8 Å². The molecule has 23 heavy (non-hydrogen) atoms. The summed E-state index contributed by atoms with van der Waals surface area (Å²) < 4.78 is 11.0. The van der Waals surface area contributed by atoms with Gasteiger partial charge >= 0.3 is 0 Å². The van der Waals surface area contributed by atoms with E-state index >= 15 is 0 Å². The Labute approximate surface area is 137 Å². The second kappa shape index (κ2) is 7.79. The van der Waals surface area contributed by atoms with Gasteiger partial charge < -0.3 is 14.8 Å². The number of amides is 1. The fourth-order valence-corrected chi connectivity index (χ4v) is 3.14. The van der Waals surface area contributed by atoms with Crippen LogP contribution >= 0.6 is 0 Å². The van der Waals surface area contributed by atoms with Gasteiger partial charge in [0.1, 0.15) is 12.4 Å². The molecule has 2 fully saturated rings. The van der Waals surface area contributed by atoms with E-state index in [1.807, 2.05) is 24.3 Å². The van der Waals surface area contributed by atoms with Crippen LogP contribution in [0, 0.1) is 11.8 Å². The Kier molecular flexibility index (Phi) is 5.51. The third-order valence-corrected chi connectivity index (χ3v) is 4.61. The van der Waals surface area contributed by atoms with Gasteiger partial charge in [-0.05, 0) is 49.6 Å². The van der Waals surface area contributed by atoms with Crippen LogP contribution in [0.4, 0.5) is 5.69 Å². The number of carbonyl (C=O) groups excluding carboxylic acids is 1. The number of nitrogens with zero attached hydrogens (tertiary/aromatic N) is 1. The number of likely N-dealkylation sites (tertiary alicyclic amines) is 1. The molecule has 1 aromatic carbocycles. The van der Waals surface area contributed by atoms with Gasteiger partial charge in [0, 0.05) is 25.4 Å². The molecule has 5 heteroatoms. The van der Waals surface area contributed by atoms with E-state index in [0.29, 0.717) is 19.8 Å². The van der Waals surface area contributed by atoms with Crippen LogP contribution in [0.3, 0.4) is 0 Å². The lowest BCUT2D eigenvalue weighted by Gasteiger charge is -2.16. The lowest BCUT2D eigenvalue weighted by Crippen LogP contribution is -2.25. The molecule has 3 rings (SSSR count). The van der Waals surface area contributed by atoms with Gasteiger partial charge in [-0.15, -0.1) is 0 Å². The highest BCUT2D eigenvalue weighted by molar-refractivity contribution is 5.92. The highest BCUT2D eigenvalue weighted by Crippen LogP contribution is 2.19. The molecule has 0 radical (unpaired) electrons. The first-order chi connectivity index (χ1) is 11.2. The van der Waals surface area contributed by atoms with Crippen LogP contribution in [0.2, 0.25) is 0 Å². The standard InChI is InChI=1S/C18H26N2O3/c1-14-6-8-20(12-14)9-11-23-17-4-2-16(3-5-17)19-18(21)15-7-10-22-13-15/h2-5,14-15H,6-13H2,1H3,(H,19,21). The van der Waals surface area contributed by atoms with Gasteiger partial charge in [-0.2, -0.15) is 0 Å². The van der Waals surface area contributed by atoms with Crippen molar-refractivity contribution in [3.63, 3.8) is 0 Å². The molecule has 1 aromatic rings. The largest absolute Gasteiger partial charge is 0.492 e. The SMILES string of the molecule is CC1CCN(CCOc2ccc(NC(=O)C3CCOC3)cc2)C1. The quantitative estimate of drug-likeness (QED) is 0.875.